The van der Waals surface area contributed by atoms with Gasteiger partial charge in [-0.2, -0.15) is 0 Å². The largest absolute Gasteiger partial charge is 0.372 e. The van der Waals surface area contributed by atoms with Crippen molar-refractivity contribution in [2.75, 3.05) is 11.9 Å². The second kappa shape index (κ2) is 4.21. The molecule has 3 nitrogen and oxygen atoms in total. The van der Waals surface area contributed by atoms with Gasteiger partial charge in [0.1, 0.15) is 6.23 Å². The molecule has 0 fully saturated rings. The molecule has 1 heterocycles. The van der Waals surface area contributed by atoms with Gasteiger partial charge in [-0.15, -0.1) is 0 Å². The highest BCUT2D eigenvalue weighted by Gasteiger charge is 2.23. The average Bonchev–Trinajstić information content (AvgIpc) is 2.35. The molecule has 0 radical (unpaired) electrons. The number of aliphatic hydroxyl groups excluding tert-OH is 1. The Labute approximate surface area is 90.5 Å². The minimum Gasteiger partial charge on any atom is -0.372 e. The van der Waals surface area contributed by atoms with E-state index in [0.717, 1.165) is 5.69 Å². The van der Waals surface area contributed by atoms with Gasteiger partial charge < -0.3 is 15.7 Å². The van der Waals surface area contributed by atoms with Gasteiger partial charge in [-0.1, -0.05) is 32.0 Å². The predicted octanol–water partition coefficient (Wildman–Crippen LogP) is 1.72. The van der Waals surface area contributed by atoms with Crippen molar-refractivity contribution in [2.24, 2.45) is 5.92 Å². The molecule has 0 spiro atoms. The summed E-state index contributed by atoms with van der Waals surface area (Å²) < 4.78 is 0. The summed E-state index contributed by atoms with van der Waals surface area (Å²) in [5.41, 5.74) is 2.28. The van der Waals surface area contributed by atoms with E-state index in [4.69, 9.17) is 0 Å². The van der Waals surface area contributed by atoms with Crippen molar-refractivity contribution < 1.29 is 5.11 Å². The summed E-state index contributed by atoms with van der Waals surface area (Å²) in [6, 6.07) is 8.46. The Hall–Kier alpha value is -1.06. The van der Waals surface area contributed by atoms with Crippen LogP contribution in [0.15, 0.2) is 24.3 Å². The number of hydrogen-bond donors (Lipinski definition) is 3. The van der Waals surface area contributed by atoms with Crippen molar-refractivity contribution in [1.82, 2.24) is 5.32 Å². The van der Waals surface area contributed by atoms with E-state index in [2.05, 4.69) is 30.5 Å². The van der Waals surface area contributed by atoms with E-state index in [9.17, 15) is 5.11 Å². The van der Waals surface area contributed by atoms with Crippen molar-refractivity contribution in [3.8, 4) is 0 Å². The lowest BCUT2D eigenvalue weighted by Gasteiger charge is -2.21. The van der Waals surface area contributed by atoms with Crippen molar-refractivity contribution in [3.05, 3.63) is 29.8 Å². The first-order valence-electron chi connectivity index (χ1n) is 5.45. The van der Waals surface area contributed by atoms with Crippen LogP contribution >= 0.6 is 0 Å². The van der Waals surface area contributed by atoms with Crippen molar-refractivity contribution in [2.45, 2.75) is 26.1 Å². The normalized spacial score (nSPS) is 25.6. The SMILES string of the molecule is CC(C)C1NCC(O)Nc2ccccc21. The van der Waals surface area contributed by atoms with E-state index in [1.807, 2.05) is 18.2 Å². The third-order valence-corrected chi connectivity index (χ3v) is 2.82. The standard InChI is InChI=1S/C12H18N2O/c1-8(2)12-9-5-3-4-6-10(9)14-11(15)7-13-12/h3-6,8,11-15H,7H2,1-2H3. The highest BCUT2D eigenvalue weighted by Crippen LogP contribution is 2.30. The van der Waals surface area contributed by atoms with E-state index in [-0.39, 0.29) is 0 Å². The van der Waals surface area contributed by atoms with Crippen LogP contribution in [0.2, 0.25) is 0 Å². The highest BCUT2D eigenvalue weighted by molar-refractivity contribution is 5.53. The Morgan fingerprint density at radius 1 is 1.33 bits per heavy atom. The maximum atomic E-state index is 9.66. The molecule has 1 aromatic rings. The molecular formula is C12H18N2O. The van der Waals surface area contributed by atoms with Gasteiger partial charge in [-0.25, -0.2) is 0 Å². The molecule has 1 aliphatic rings. The number of anilines is 1. The van der Waals surface area contributed by atoms with E-state index < -0.39 is 6.23 Å². The minimum absolute atomic E-state index is 0.311. The van der Waals surface area contributed by atoms with Gasteiger partial charge >= 0.3 is 0 Å². The first kappa shape index (κ1) is 10.5. The maximum absolute atomic E-state index is 9.66. The van der Waals surface area contributed by atoms with E-state index in [0.29, 0.717) is 18.5 Å². The van der Waals surface area contributed by atoms with Crippen LogP contribution < -0.4 is 10.6 Å². The molecule has 2 atom stereocenters. The van der Waals surface area contributed by atoms with Crippen LogP contribution in [0.3, 0.4) is 0 Å². The van der Waals surface area contributed by atoms with Crippen LogP contribution in [-0.4, -0.2) is 17.9 Å². The lowest BCUT2D eigenvalue weighted by molar-refractivity contribution is 0.194. The molecule has 1 aromatic carbocycles. The Kier molecular flexibility index (Phi) is 2.93. The first-order valence-corrected chi connectivity index (χ1v) is 5.45. The molecule has 1 aliphatic heterocycles. The Balaban J connectivity index is 2.38. The number of nitrogens with one attached hydrogen (secondary N) is 2. The van der Waals surface area contributed by atoms with E-state index in [1.54, 1.807) is 0 Å². The van der Waals surface area contributed by atoms with Crippen LogP contribution in [-0.2, 0) is 0 Å². The molecule has 0 bridgehead atoms. The summed E-state index contributed by atoms with van der Waals surface area (Å²) >= 11 is 0. The summed E-state index contributed by atoms with van der Waals surface area (Å²) in [6.07, 6.45) is -0.505. The van der Waals surface area contributed by atoms with Crippen LogP contribution in [0.1, 0.15) is 25.5 Å². The molecule has 0 saturated carbocycles. The van der Waals surface area contributed by atoms with E-state index in [1.165, 1.54) is 5.56 Å². The van der Waals surface area contributed by atoms with Gasteiger partial charge in [-0.05, 0) is 17.5 Å². The second-order valence-corrected chi connectivity index (χ2v) is 4.38. The van der Waals surface area contributed by atoms with Crippen molar-refractivity contribution >= 4 is 5.69 Å². The number of benzene rings is 1. The first-order chi connectivity index (χ1) is 7.18. The zero-order chi connectivity index (χ0) is 10.8. The number of β-amino-alcohol motifs (C(OH)–C–C–N with tert-alkyl or cyclic N) is 1. The number of para-hydroxylation sites is 1. The van der Waals surface area contributed by atoms with Crippen LogP contribution in [0.25, 0.3) is 0 Å². The lowest BCUT2D eigenvalue weighted by atomic mass is 9.95. The van der Waals surface area contributed by atoms with Gasteiger partial charge in [-0.3, -0.25) is 0 Å². The zero-order valence-corrected chi connectivity index (χ0v) is 9.20. The predicted molar refractivity (Wildman–Crippen MR) is 61.7 cm³/mol. The second-order valence-electron chi connectivity index (χ2n) is 4.38. The molecule has 2 rings (SSSR count). The molecule has 3 N–H and O–H groups in total. The quantitative estimate of drug-likeness (QED) is 0.655. The third-order valence-electron chi connectivity index (χ3n) is 2.82. The monoisotopic (exact) mass is 206 g/mol. The molecule has 0 aliphatic carbocycles. The smallest absolute Gasteiger partial charge is 0.137 e. The van der Waals surface area contributed by atoms with Crippen LogP contribution in [0, 0.1) is 5.92 Å². The fourth-order valence-corrected chi connectivity index (χ4v) is 2.07. The Morgan fingerprint density at radius 3 is 2.80 bits per heavy atom. The molecular weight excluding hydrogens is 188 g/mol. The molecule has 2 unspecified atom stereocenters. The zero-order valence-electron chi connectivity index (χ0n) is 9.20. The Bertz CT molecular complexity index is 338. The van der Waals surface area contributed by atoms with Crippen molar-refractivity contribution in [1.29, 1.82) is 0 Å². The average molecular weight is 206 g/mol. The van der Waals surface area contributed by atoms with Gasteiger partial charge in [0, 0.05) is 18.3 Å². The summed E-state index contributed by atoms with van der Waals surface area (Å²) in [5, 5.41) is 16.1. The van der Waals surface area contributed by atoms with Crippen molar-refractivity contribution in [3.63, 3.8) is 0 Å². The minimum atomic E-state index is -0.505. The molecule has 0 amide bonds. The fourth-order valence-electron chi connectivity index (χ4n) is 2.07. The number of fused-ring (bicyclic) bond motifs is 1. The van der Waals surface area contributed by atoms with Gasteiger partial charge in [0.15, 0.2) is 0 Å². The Morgan fingerprint density at radius 2 is 2.07 bits per heavy atom. The summed E-state index contributed by atoms with van der Waals surface area (Å²) in [6.45, 7) is 4.95. The molecule has 15 heavy (non-hydrogen) atoms. The summed E-state index contributed by atoms with van der Waals surface area (Å²) in [7, 11) is 0. The van der Waals surface area contributed by atoms with Crippen LogP contribution in [0.4, 0.5) is 5.69 Å². The van der Waals surface area contributed by atoms with Crippen LogP contribution in [0.5, 0.6) is 0 Å². The van der Waals surface area contributed by atoms with Gasteiger partial charge in [0.05, 0.1) is 0 Å². The summed E-state index contributed by atoms with van der Waals surface area (Å²) in [4.78, 5) is 0. The fraction of sp³-hybridized carbons (Fsp3) is 0.500. The number of rotatable bonds is 1. The highest BCUT2D eigenvalue weighted by atomic mass is 16.3. The molecule has 3 heteroatoms. The lowest BCUT2D eigenvalue weighted by Crippen LogP contribution is -2.32. The molecule has 0 aromatic heterocycles. The molecule has 0 saturated heterocycles. The topological polar surface area (TPSA) is 44.3 Å². The summed E-state index contributed by atoms with van der Waals surface area (Å²) in [5.74, 6) is 0.512. The molecule has 82 valence electrons. The van der Waals surface area contributed by atoms with E-state index >= 15 is 0 Å². The van der Waals surface area contributed by atoms with Gasteiger partial charge in [0.25, 0.3) is 0 Å². The van der Waals surface area contributed by atoms with Gasteiger partial charge in [0.2, 0.25) is 0 Å². The maximum Gasteiger partial charge on any atom is 0.137 e. The third kappa shape index (κ3) is 2.13. The number of aliphatic hydroxyl groups is 1. The number of hydrogen-bond acceptors (Lipinski definition) is 3.